The van der Waals surface area contributed by atoms with E-state index in [-0.39, 0.29) is 25.7 Å². The average Bonchev–Trinajstić information content (AvgIpc) is 2.39. The van der Waals surface area contributed by atoms with Crippen LogP contribution in [0.2, 0.25) is 10.0 Å². The van der Waals surface area contributed by atoms with Crippen LogP contribution < -0.4 is 4.74 Å². The number of ether oxygens (including phenoxy) is 2. The fraction of sp³-hybridized carbons (Fsp3) is 0.462. The molecule has 0 saturated heterocycles. The molecule has 5 nitrogen and oxygen atoms in total. The maximum Gasteiger partial charge on any atom is 0.260 e. The second kappa shape index (κ2) is 8.32. The van der Waals surface area contributed by atoms with Crippen molar-refractivity contribution in [2.45, 2.75) is 6.10 Å². The minimum absolute atomic E-state index is 0.145. The molecule has 0 aliphatic carbocycles. The molecule has 0 aliphatic rings. The van der Waals surface area contributed by atoms with Crippen LogP contribution in [0.25, 0.3) is 0 Å². The molecule has 0 heterocycles. The molecule has 0 spiro atoms. The number of aliphatic hydroxyl groups is 1. The summed E-state index contributed by atoms with van der Waals surface area (Å²) in [5.41, 5.74) is 0. The molecule has 0 fully saturated rings. The van der Waals surface area contributed by atoms with Crippen molar-refractivity contribution in [3.8, 4) is 5.75 Å². The SMILES string of the molecule is COCC(O)CN(C)C(=O)COc1ccc(Cl)c(Cl)c1. The van der Waals surface area contributed by atoms with E-state index in [1.165, 1.54) is 18.1 Å². The van der Waals surface area contributed by atoms with Crippen molar-refractivity contribution in [3.05, 3.63) is 28.2 Å². The summed E-state index contributed by atoms with van der Waals surface area (Å²) in [6.45, 7) is 0.205. The van der Waals surface area contributed by atoms with Crippen molar-refractivity contribution in [1.82, 2.24) is 4.90 Å². The largest absolute Gasteiger partial charge is 0.484 e. The van der Waals surface area contributed by atoms with E-state index in [2.05, 4.69) is 0 Å². The molecule has 1 aromatic carbocycles. The Morgan fingerprint density at radius 2 is 2.10 bits per heavy atom. The minimum atomic E-state index is -0.723. The number of halogens is 2. The number of nitrogens with zero attached hydrogens (tertiary/aromatic N) is 1. The van der Waals surface area contributed by atoms with Gasteiger partial charge in [0, 0.05) is 26.8 Å². The molecule has 0 saturated carbocycles. The first-order valence-electron chi connectivity index (χ1n) is 5.93. The van der Waals surface area contributed by atoms with Crippen LogP contribution in [0.1, 0.15) is 0 Å². The molecule has 0 bridgehead atoms. The Bertz CT molecular complexity index is 456. The number of methoxy groups -OCH3 is 1. The van der Waals surface area contributed by atoms with Gasteiger partial charge in [-0.25, -0.2) is 0 Å². The summed E-state index contributed by atoms with van der Waals surface area (Å²) < 4.78 is 10.1. The lowest BCUT2D eigenvalue weighted by atomic mass is 10.3. The molecule has 20 heavy (non-hydrogen) atoms. The fourth-order valence-corrected chi connectivity index (χ4v) is 1.77. The zero-order chi connectivity index (χ0) is 15.1. The lowest BCUT2D eigenvalue weighted by molar-refractivity contribution is -0.133. The summed E-state index contributed by atoms with van der Waals surface area (Å²) >= 11 is 11.6. The quantitative estimate of drug-likeness (QED) is 0.832. The molecule has 0 radical (unpaired) electrons. The molecule has 1 unspecified atom stereocenters. The van der Waals surface area contributed by atoms with Gasteiger partial charge in [-0.1, -0.05) is 23.2 Å². The highest BCUT2D eigenvalue weighted by atomic mass is 35.5. The predicted octanol–water partition coefficient (Wildman–Crippen LogP) is 1.84. The fourth-order valence-electron chi connectivity index (χ4n) is 1.48. The minimum Gasteiger partial charge on any atom is -0.484 e. The summed E-state index contributed by atoms with van der Waals surface area (Å²) in [6, 6.07) is 4.76. The lowest BCUT2D eigenvalue weighted by Gasteiger charge is -2.20. The maximum atomic E-state index is 11.8. The zero-order valence-corrected chi connectivity index (χ0v) is 12.8. The second-order valence-electron chi connectivity index (χ2n) is 4.25. The number of amides is 1. The molecule has 112 valence electrons. The number of likely N-dealkylation sites (N-methyl/N-ethyl adjacent to an activating group) is 1. The Labute approximate surface area is 128 Å². The third kappa shape index (κ3) is 5.54. The van der Waals surface area contributed by atoms with Crippen molar-refractivity contribution >= 4 is 29.1 Å². The molecule has 0 aromatic heterocycles. The highest BCUT2D eigenvalue weighted by Gasteiger charge is 2.14. The van der Waals surface area contributed by atoms with Gasteiger partial charge in [-0.3, -0.25) is 4.79 Å². The first-order valence-corrected chi connectivity index (χ1v) is 6.68. The smallest absolute Gasteiger partial charge is 0.260 e. The van der Waals surface area contributed by atoms with Crippen molar-refractivity contribution < 1.29 is 19.4 Å². The van der Waals surface area contributed by atoms with Gasteiger partial charge in [0.25, 0.3) is 5.91 Å². The second-order valence-corrected chi connectivity index (χ2v) is 5.06. The van der Waals surface area contributed by atoms with Crippen LogP contribution in [0.5, 0.6) is 5.75 Å². The summed E-state index contributed by atoms with van der Waals surface area (Å²) in [7, 11) is 3.07. The molecule has 1 amide bonds. The zero-order valence-electron chi connectivity index (χ0n) is 11.3. The van der Waals surface area contributed by atoms with E-state index in [1.807, 2.05) is 0 Å². The number of aliphatic hydroxyl groups excluding tert-OH is 1. The molecular formula is C13H17Cl2NO4. The number of carbonyl (C=O) groups excluding carboxylic acids is 1. The highest BCUT2D eigenvalue weighted by molar-refractivity contribution is 6.42. The van der Waals surface area contributed by atoms with Crippen LogP contribution in [-0.4, -0.2) is 55.9 Å². The summed E-state index contributed by atoms with van der Waals surface area (Å²) in [5.74, 6) is 0.199. The Kier molecular flexibility index (Phi) is 7.09. The predicted molar refractivity (Wildman–Crippen MR) is 77.5 cm³/mol. The number of benzene rings is 1. The summed E-state index contributed by atoms with van der Waals surface area (Å²) in [4.78, 5) is 13.2. The van der Waals surface area contributed by atoms with Gasteiger partial charge >= 0.3 is 0 Å². The summed E-state index contributed by atoms with van der Waals surface area (Å²) in [5, 5.41) is 10.3. The molecule has 0 aliphatic heterocycles. The summed E-state index contributed by atoms with van der Waals surface area (Å²) in [6.07, 6.45) is -0.723. The van der Waals surface area contributed by atoms with Crippen molar-refractivity contribution in [3.63, 3.8) is 0 Å². The van der Waals surface area contributed by atoms with E-state index >= 15 is 0 Å². The third-order valence-electron chi connectivity index (χ3n) is 2.52. The van der Waals surface area contributed by atoms with Crippen LogP contribution in [0.3, 0.4) is 0 Å². The number of hydrogen-bond acceptors (Lipinski definition) is 4. The Hall–Kier alpha value is -1.01. The van der Waals surface area contributed by atoms with Crippen LogP contribution in [0, 0.1) is 0 Å². The first-order chi connectivity index (χ1) is 9.43. The first kappa shape index (κ1) is 17.0. The van der Waals surface area contributed by atoms with E-state index in [1.54, 1.807) is 19.2 Å². The molecule has 1 rings (SSSR count). The van der Waals surface area contributed by atoms with Gasteiger partial charge in [-0.05, 0) is 12.1 Å². The van der Waals surface area contributed by atoms with Crippen LogP contribution in [-0.2, 0) is 9.53 Å². The number of rotatable bonds is 7. The monoisotopic (exact) mass is 321 g/mol. The van der Waals surface area contributed by atoms with Crippen LogP contribution in [0.15, 0.2) is 18.2 Å². The molecule has 1 aromatic rings. The van der Waals surface area contributed by atoms with Gasteiger partial charge in [0.15, 0.2) is 6.61 Å². The van der Waals surface area contributed by atoms with Gasteiger partial charge in [0.05, 0.1) is 22.8 Å². The van der Waals surface area contributed by atoms with Gasteiger partial charge in [-0.15, -0.1) is 0 Å². The van der Waals surface area contributed by atoms with E-state index < -0.39 is 6.10 Å². The average molecular weight is 322 g/mol. The standard InChI is InChI=1S/C13H17Cl2NO4/c1-16(6-9(17)7-19-2)13(18)8-20-10-3-4-11(14)12(15)5-10/h3-5,9,17H,6-8H2,1-2H3. The highest BCUT2D eigenvalue weighted by Crippen LogP contribution is 2.26. The molecule has 7 heteroatoms. The van der Waals surface area contributed by atoms with Gasteiger partial charge < -0.3 is 19.5 Å². The van der Waals surface area contributed by atoms with Gasteiger partial charge in [0.2, 0.25) is 0 Å². The molecule has 1 N–H and O–H groups in total. The third-order valence-corrected chi connectivity index (χ3v) is 3.26. The maximum absolute atomic E-state index is 11.8. The van der Waals surface area contributed by atoms with Gasteiger partial charge in [-0.2, -0.15) is 0 Å². The van der Waals surface area contributed by atoms with Crippen molar-refractivity contribution in [1.29, 1.82) is 0 Å². The van der Waals surface area contributed by atoms with Crippen LogP contribution >= 0.6 is 23.2 Å². The molecular weight excluding hydrogens is 305 g/mol. The van der Waals surface area contributed by atoms with Gasteiger partial charge in [0.1, 0.15) is 5.75 Å². The Morgan fingerprint density at radius 3 is 2.70 bits per heavy atom. The van der Waals surface area contributed by atoms with E-state index in [0.29, 0.717) is 15.8 Å². The number of hydrogen-bond donors (Lipinski definition) is 1. The molecule has 1 atom stereocenters. The van der Waals surface area contributed by atoms with E-state index in [0.717, 1.165) is 0 Å². The Balaban J connectivity index is 2.44. The number of carbonyl (C=O) groups is 1. The van der Waals surface area contributed by atoms with E-state index in [4.69, 9.17) is 32.7 Å². The van der Waals surface area contributed by atoms with Crippen LogP contribution in [0.4, 0.5) is 0 Å². The topological polar surface area (TPSA) is 59.0 Å². The normalized spacial score (nSPS) is 12.1. The van der Waals surface area contributed by atoms with Crippen molar-refractivity contribution in [2.75, 3.05) is 33.9 Å². The van der Waals surface area contributed by atoms with E-state index in [9.17, 15) is 9.90 Å². The van der Waals surface area contributed by atoms with Crippen molar-refractivity contribution in [2.24, 2.45) is 0 Å². The lowest BCUT2D eigenvalue weighted by Crippen LogP contribution is -2.38. The Morgan fingerprint density at radius 1 is 1.40 bits per heavy atom.